The van der Waals surface area contributed by atoms with Crippen molar-refractivity contribution in [1.82, 2.24) is 13.7 Å². The first-order valence-corrected chi connectivity index (χ1v) is 11.1. The Morgan fingerprint density at radius 1 is 1.09 bits per heavy atom. The monoisotopic (exact) mass is 476 g/mol. The molecule has 2 aromatic carbocycles. The first-order valence-electron chi connectivity index (χ1n) is 11.1. The van der Waals surface area contributed by atoms with Crippen LogP contribution < -0.4 is 16.0 Å². The highest BCUT2D eigenvalue weighted by Gasteiger charge is 2.33. The Hall–Kier alpha value is -4.18. The van der Waals surface area contributed by atoms with Gasteiger partial charge < -0.3 is 14.0 Å². The van der Waals surface area contributed by atoms with E-state index in [2.05, 4.69) is 0 Å². The SMILES string of the molecule is COc1ccc([C@@H]2OCCn3c(-c4ccc(C)c([N+](=O)[O-])c4)c4c(=O)n(C)c(=O)n(C)c4c32)cc1. The molecule has 2 aromatic heterocycles. The molecular weight excluding hydrogens is 452 g/mol. The number of aromatic nitrogens is 3. The van der Waals surface area contributed by atoms with Crippen LogP contribution in [0.4, 0.5) is 5.69 Å². The van der Waals surface area contributed by atoms with Gasteiger partial charge in [0.2, 0.25) is 0 Å². The summed E-state index contributed by atoms with van der Waals surface area (Å²) >= 11 is 0. The quantitative estimate of drug-likeness (QED) is 0.331. The average Bonchev–Trinajstić information content (AvgIpc) is 3.22. The summed E-state index contributed by atoms with van der Waals surface area (Å²) in [5.41, 5.74) is 2.58. The third-order valence-corrected chi connectivity index (χ3v) is 6.65. The van der Waals surface area contributed by atoms with Crippen LogP contribution in [-0.2, 0) is 25.4 Å². The molecule has 0 aliphatic carbocycles. The lowest BCUT2D eigenvalue weighted by molar-refractivity contribution is -0.385. The number of nitrogens with zero attached hydrogens (tertiary/aromatic N) is 4. The van der Waals surface area contributed by atoms with Crippen LogP contribution in [0.5, 0.6) is 5.75 Å². The summed E-state index contributed by atoms with van der Waals surface area (Å²) in [6.45, 7) is 2.45. The van der Waals surface area contributed by atoms with E-state index in [0.29, 0.717) is 52.3 Å². The van der Waals surface area contributed by atoms with E-state index in [9.17, 15) is 19.7 Å². The van der Waals surface area contributed by atoms with Crippen molar-refractivity contribution in [2.45, 2.75) is 19.6 Å². The van der Waals surface area contributed by atoms with Gasteiger partial charge in [-0.3, -0.25) is 24.0 Å². The van der Waals surface area contributed by atoms with Crippen molar-refractivity contribution < 1.29 is 14.4 Å². The summed E-state index contributed by atoms with van der Waals surface area (Å²) in [5, 5.41) is 12.0. The van der Waals surface area contributed by atoms with Gasteiger partial charge in [0.15, 0.2) is 0 Å². The minimum absolute atomic E-state index is 0.0355. The van der Waals surface area contributed by atoms with Gasteiger partial charge in [0.1, 0.15) is 11.9 Å². The summed E-state index contributed by atoms with van der Waals surface area (Å²) in [5.74, 6) is 0.693. The van der Waals surface area contributed by atoms with E-state index in [1.807, 2.05) is 28.8 Å². The lowest BCUT2D eigenvalue weighted by atomic mass is 10.0. The van der Waals surface area contributed by atoms with Crippen molar-refractivity contribution in [1.29, 1.82) is 0 Å². The highest BCUT2D eigenvalue weighted by atomic mass is 16.6. The number of nitro benzene ring substituents is 1. The smallest absolute Gasteiger partial charge is 0.331 e. The largest absolute Gasteiger partial charge is 0.497 e. The second-order valence-corrected chi connectivity index (χ2v) is 8.60. The molecule has 0 radical (unpaired) electrons. The molecule has 0 saturated heterocycles. The molecule has 5 rings (SSSR count). The van der Waals surface area contributed by atoms with Gasteiger partial charge in [-0.15, -0.1) is 0 Å². The fraction of sp³-hybridized carbons (Fsp3) is 0.280. The van der Waals surface area contributed by atoms with Gasteiger partial charge in [-0.05, 0) is 24.6 Å². The Labute approximate surface area is 199 Å². The average molecular weight is 476 g/mol. The second-order valence-electron chi connectivity index (χ2n) is 8.60. The number of nitro groups is 1. The van der Waals surface area contributed by atoms with Gasteiger partial charge >= 0.3 is 5.69 Å². The van der Waals surface area contributed by atoms with Crippen molar-refractivity contribution in [3.63, 3.8) is 0 Å². The number of hydrogen-bond donors (Lipinski definition) is 0. The molecule has 0 unspecified atom stereocenters. The van der Waals surface area contributed by atoms with Crippen LogP contribution in [0, 0.1) is 17.0 Å². The van der Waals surface area contributed by atoms with E-state index >= 15 is 0 Å². The van der Waals surface area contributed by atoms with Gasteiger partial charge in [0, 0.05) is 37.8 Å². The molecule has 10 nitrogen and oxygen atoms in total. The fourth-order valence-electron chi connectivity index (χ4n) is 4.87. The minimum atomic E-state index is -0.552. The third-order valence-electron chi connectivity index (χ3n) is 6.65. The summed E-state index contributed by atoms with van der Waals surface area (Å²) in [6, 6.07) is 12.3. The van der Waals surface area contributed by atoms with Gasteiger partial charge in [-0.25, -0.2) is 4.79 Å². The number of hydrogen-bond acceptors (Lipinski definition) is 6. The first kappa shape index (κ1) is 22.6. The molecule has 1 atom stereocenters. The van der Waals surface area contributed by atoms with Crippen molar-refractivity contribution in [3.05, 3.63) is 90.2 Å². The molecule has 0 amide bonds. The van der Waals surface area contributed by atoms with Crippen LogP contribution in [0.15, 0.2) is 52.1 Å². The normalized spacial score (nSPS) is 15.3. The van der Waals surface area contributed by atoms with Crippen LogP contribution in [0.1, 0.15) is 22.9 Å². The third kappa shape index (κ3) is 3.36. The maximum Gasteiger partial charge on any atom is 0.331 e. The number of fused-ring (bicyclic) bond motifs is 3. The van der Waals surface area contributed by atoms with Crippen molar-refractivity contribution in [3.8, 4) is 17.0 Å². The molecule has 0 bridgehead atoms. The first-order chi connectivity index (χ1) is 16.7. The zero-order chi connectivity index (χ0) is 25.0. The van der Waals surface area contributed by atoms with E-state index in [1.165, 1.54) is 17.7 Å². The molecule has 180 valence electrons. The highest BCUT2D eigenvalue weighted by Crippen LogP contribution is 2.41. The lowest BCUT2D eigenvalue weighted by Crippen LogP contribution is -2.37. The van der Waals surface area contributed by atoms with Crippen molar-refractivity contribution >= 4 is 16.6 Å². The molecular formula is C25H24N4O6. The zero-order valence-corrected chi connectivity index (χ0v) is 19.8. The van der Waals surface area contributed by atoms with Crippen LogP contribution in [0.2, 0.25) is 0 Å². The summed E-state index contributed by atoms with van der Waals surface area (Å²) in [4.78, 5) is 37.6. The number of aryl methyl sites for hydroxylation is 2. The van der Waals surface area contributed by atoms with Crippen LogP contribution in [-0.4, -0.2) is 32.3 Å². The Balaban J connectivity index is 1.90. The topological polar surface area (TPSA) is 111 Å². The van der Waals surface area contributed by atoms with Crippen molar-refractivity contribution in [2.75, 3.05) is 13.7 Å². The van der Waals surface area contributed by atoms with E-state index in [0.717, 1.165) is 10.1 Å². The van der Waals surface area contributed by atoms with E-state index in [-0.39, 0.29) is 5.69 Å². The lowest BCUT2D eigenvalue weighted by Gasteiger charge is -2.27. The molecule has 4 aromatic rings. The van der Waals surface area contributed by atoms with Gasteiger partial charge in [0.25, 0.3) is 11.2 Å². The van der Waals surface area contributed by atoms with E-state index in [1.54, 1.807) is 33.2 Å². The summed E-state index contributed by atoms with van der Waals surface area (Å²) in [7, 11) is 4.63. The van der Waals surface area contributed by atoms with Gasteiger partial charge in [-0.1, -0.05) is 24.3 Å². The molecule has 1 aliphatic rings. The number of methoxy groups -OCH3 is 1. The van der Waals surface area contributed by atoms with Gasteiger partial charge in [0.05, 0.1) is 40.9 Å². The second kappa shape index (κ2) is 8.24. The predicted molar refractivity (Wildman–Crippen MR) is 130 cm³/mol. The number of benzene rings is 2. The number of rotatable bonds is 4. The highest BCUT2D eigenvalue weighted by molar-refractivity contribution is 5.97. The summed E-state index contributed by atoms with van der Waals surface area (Å²) in [6.07, 6.45) is -0.552. The van der Waals surface area contributed by atoms with E-state index in [4.69, 9.17) is 9.47 Å². The van der Waals surface area contributed by atoms with E-state index < -0.39 is 22.3 Å². The van der Waals surface area contributed by atoms with Crippen molar-refractivity contribution in [2.24, 2.45) is 14.1 Å². The molecule has 0 spiro atoms. The Morgan fingerprint density at radius 2 is 1.80 bits per heavy atom. The minimum Gasteiger partial charge on any atom is -0.497 e. The molecule has 3 heterocycles. The maximum atomic E-state index is 13.5. The number of ether oxygens (including phenoxy) is 2. The fourth-order valence-corrected chi connectivity index (χ4v) is 4.87. The molecule has 10 heteroatoms. The molecule has 0 saturated carbocycles. The Morgan fingerprint density at radius 3 is 2.46 bits per heavy atom. The molecule has 0 fully saturated rings. The Bertz CT molecular complexity index is 1610. The van der Waals surface area contributed by atoms with Crippen LogP contribution >= 0.6 is 0 Å². The van der Waals surface area contributed by atoms with Crippen LogP contribution in [0.3, 0.4) is 0 Å². The zero-order valence-electron chi connectivity index (χ0n) is 19.8. The van der Waals surface area contributed by atoms with Gasteiger partial charge in [-0.2, -0.15) is 0 Å². The molecule has 0 N–H and O–H groups in total. The molecule has 35 heavy (non-hydrogen) atoms. The standard InChI is InChI=1S/C25H24N4O6/c1-14-5-6-16(13-18(14)29(32)33)20-19-21(26(2)25(31)27(3)24(19)30)22-23(35-12-11-28(20)22)15-7-9-17(34-4)10-8-15/h5-10,13,23H,11-12H2,1-4H3/t23-/m0/s1. The van der Waals surface area contributed by atoms with Crippen LogP contribution in [0.25, 0.3) is 22.2 Å². The summed E-state index contributed by atoms with van der Waals surface area (Å²) < 4.78 is 15.9. The Kier molecular flexibility index (Phi) is 5.32. The molecule has 1 aliphatic heterocycles. The maximum absolute atomic E-state index is 13.5. The predicted octanol–water partition coefficient (Wildman–Crippen LogP) is 3.05.